The number of aliphatic hydroxyl groups excluding tert-OH is 1. The summed E-state index contributed by atoms with van der Waals surface area (Å²) in [6.07, 6.45) is 53.8. The molecule has 0 radical (unpaired) electrons. The maximum Gasteiger partial charge on any atom is 0.267 e. The topological polar surface area (TPSA) is 104 Å². The summed E-state index contributed by atoms with van der Waals surface area (Å²) < 4.78 is 32.4. The molecule has 0 bridgehead atoms. The lowest BCUT2D eigenvalue weighted by molar-refractivity contribution is -0.122. The fourth-order valence-corrected chi connectivity index (χ4v) is 5.83. The van der Waals surface area contributed by atoms with Crippen LogP contribution in [-0.4, -0.2) is 41.9 Å². The van der Waals surface area contributed by atoms with Crippen LogP contribution in [-0.2, 0) is 14.9 Å². The van der Waals surface area contributed by atoms with Crippen LogP contribution in [0.25, 0.3) is 0 Å². The molecule has 50 heavy (non-hydrogen) atoms. The summed E-state index contributed by atoms with van der Waals surface area (Å²) in [6, 6.07) is -1.10. The number of nitrogens with one attached hydrogen (secondary N) is 1. The average Bonchev–Trinajstić information content (AvgIpc) is 3.08. The minimum absolute atomic E-state index is 0.256. The van der Waals surface area contributed by atoms with Crippen LogP contribution in [0.15, 0.2) is 97.2 Å². The third-order valence-electron chi connectivity index (χ3n) is 7.97. The molecular formula is C43H71NO5S. The Morgan fingerprint density at radius 3 is 1.50 bits per heavy atom. The van der Waals surface area contributed by atoms with E-state index in [2.05, 4.69) is 104 Å². The maximum atomic E-state index is 12.5. The third kappa shape index (κ3) is 36.5. The molecule has 0 rings (SSSR count). The largest absolute Gasteiger partial charge is 0.387 e. The zero-order valence-electron chi connectivity index (χ0n) is 31.5. The second-order valence-electron chi connectivity index (χ2n) is 12.8. The lowest BCUT2D eigenvalue weighted by atomic mass is 10.1. The van der Waals surface area contributed by atoms with Gasteiger partial charge in [0.1, 0.15) is 0 Å². The van der Waals surface area contributed by atoms with Gasteiger partial charge in [0.25, 0.3) is 10.1 Å². The van der Waals surface area contributed by atoms with Gasteiger partial charge < -0.3 is 10.4 Å². The van der Waals surface area contributed by atoms with E-state index in [1.807, 2.05) is 0 Å². The Balaban J connectivity index is 4.09. The van der Waals surface area contributed by atoms with Crippen LogP contribution < -0.4 is 5.32 Å². The number of hydrogen-bond acceptors (Lipinski definition) is 4. The van der Waals surface area contributed by atoms with E-state index in [1.165, 1.54) is 31.8 Å². The van der Waals surface area contributed by atoms with Crippen molar-refractivity contribution >= 4 is 16.0 Å². The Labute approximate surface area is 307 Å². The number of allylic oxidation sites excluding steroid dienone is 15. The summed E-state index contributed by atoms with van der Waals surface area (Å²) in [7, 11) is -4.37. The van der Waals surface area contributed by atoms with Crippen LogP contribution in [0.5, 0.6) is 0 Å². The Morgan fingerprint density at radius 2 is 0.980 bits per heavy atom. The first-order chi connectivity index (χ1) is 24.3. The molecule has 0 saturated heterocycles. The first kappa shape index (κ1) is 47.3. The molecule has 2 atom stereocenters. The lowest BCUT2D eigenvalue weighted by Crippen LogP contribution is -2.46. The Kier molecular flexibility index (Phi) is 34.1. The highest BCUT2D eigenvalue weighted by molar-refractivity contribution is 7.85. The summed E-state index contributed by atoms with van der Waals surface area (Å²) in [4.78, 5) is 12.5. The van der Waals surface area contributed by atoms with Crippen molar-refractivity contribution in [2.24, 2.45) is 0 Å². The van der Waals surface area contributed by atoms with Gasteiger partial charge in [-0.2, -0.15) is 8.42 Å². The van der Waals surface area contributed by atoms with Gasteiger partial charge in [0.05, 0.1) is 17.9 Å². The predicted molar refractivity (Wildman–Crippen MR) is 216 cm³/mol. The third-order valence-corrected chi connectivity index (χ3v) is 8.75. The first-order valence-electron chi connectivity index (χ1n) is 19.4. The standard InChI is InChI=1S/C43H71NO5S/c1-3-5-7-9-11-13-15-17-19-20-21-22-23-24-25-27-29-31-33-35-37-39-43(46)44-41(40-50(47,48)49)42(45)38-36-34-32-30-28-26-18-16-14-12-10-8-6-4-2/h5,7,11,13-14,16-17,19,21-22,24-25,28,30,36,38,41-42,45H,3-4,6,8-10,12,15,18,20,23,26-27,29,31-35,37,39-40H2,1-2H3,(H,44,46)(H,47,48,49)/b7-5-,13-11-,16-14+,19-17-,22-21-,25-24-,30-28+,38-36+. The van der Waals surface area contributed by atoms with Crippen LogP contribution in [0.3, 0.4) is 0 Å². The second-order valence-corrected chi connectivity index (χ2v) is 14.3. The van der Waals surface area contributed by atoms with Crippen molar-refractivity contribution in [2.45, 2.75) is 161 Å². The van der Waals surface area contributed by atoms with Crippen LogP contribution >= 0.6 is 0 Å². The van der Waals surface area contributed by atoms with E-state index in [9.17, 15) is 22.9 Å². The highest BCUT2D eigenvalue weighted by Gasteiger charge is 2.24. The molecule has 0 aliphatic rings. The minimum atomic E-state index is -4.37. The van der Waals surface area contributed by atoms with Crippen molar-refractivity contribution in [3.8, 4) is 0 Å². The number of carbonyl (C=O) groups is 1. The monoisotopic (exact) mass is 714 g/mol. The molecule has 0 heterocycles. The molecule has 0 aliphatic carbocycles. The van der Waals surface area contributed by atoms with Crippen molar-refractivity contribution in [1.82, 2.24) is 5.32 Å². The Bertz CT molecular complexity index is 1140. The van der Waals surface area contributed by atoms with Gasteiger partial charge in [0.2, 0.25) is 5.91 Å². The Hall–Kier alpha value is -2.74. The summed E-state index contributed by atoms with van der Waals surface area (Å²) in [5.41, 5.74) is 0. The summed E-state index contributed by atoms with van der Waals surface area (Å²) in [6.45, 7) is 4.37. The average molecular weight is 714 g/mol. The van der Waals surface area contributed by atoms with E-state index in [-0.39, 0.29) is 12.3 Å². The SMILES string of the molecule is CC/C=C\C/C=C\C/C=C\C/C=C\C/C=C\CCCCCCCC(=O)NC(CS(=O)(=O)O)C(O)/C=C/CC/C=C/CC/C=C/CCCCCC. The molecular weight excluding hydrogens is 643 g/mol. The van der Waals surface area contributed by atoms with Gasteiger partial charge in [-0.15, -0.1) is 0 Å². The van der Waals surface area contributed by atoms with Crippen molar-refractivity contribution < 1.29 is 22.9 Å². The van der Waals surface area contributed by atoms with Gasteiger partial charge in [0, 0.05) is 6.42 Å². The maximum absolute atomic E-state index is 12.5. The van der Waals surface area contributed by atoms with Crippen LogP contribution in [0.2, 0.25) is 0 Å². The smallest absolute Gasteiger partial charge is 0.267 e. The Morgan fingerprint density at radius 1 is 0.560 bits per heavy atom. The molecule has 0 aromatic carbocycles. The molecule has 0 spiro atoms. The molecule has 2 unspecified atom stereocenters. The zero-order valence-corrected chi connectivity index (χ0v) is 32.3. The molecule has 0 aromatic heterocycles. The van der Waals surface area contributed by atoms with E-state index in [0.29, 0.717) is 12.8 Å². The molecule has 1 amide bonds. The molecule has 0 aromatic rings. The van der Waals surface area contributed by atoms with Crippen LogP contribution in [0, 0.1) is 0 Å². The number of unbranched alkanes of at least 4 members (excludes halogenated alkanes) is 11. The van der Waals surface area contributed by atoms with E-state index in [1.54, 1.807) is 6.08 Å². The van der Waals surface area contributed by atoms with Gasteiger partial charge in [-0.3, -0.25) is 9.35 Å². The fourth-order valence-electron chi connectivity index (χ4n) is 5.09. The molecule has 284 valence electrons. The number of hydrogen-bond donors (Lipinski definition) is 3. The second kappa shape index (κ2) is 36.1. The lowest BCUT2D eigenvalue weighted by Gasteiger charge is -2.21. The first-order valence-corrected chi connectivity index (χ1v) is 21.0. The predicted octanol–water partition coefficient (Wildman–Crippen LogP) is 11.4. The van der Waals surface area contributed by atoms with Crippen LogP contribution in [0.1, 0.15) is 149 Å². The molecule has 0 saturated carbocycles. The number of rotatable bonds is 33. The van der Waals surface area contributed by atoms with Gasteiger partial charge in [-0.05, 0) is 89.9 Å². The summed E-state index contributed by atoms with van der Waals surface area (Å²) in [5, 5.41) is 13.2. The van der Waals surface area contributed by atoms with Crippen molar-refractivity contribution in [2.75, 3.05) is 5.75 Å². The summed E-state index contributed by atoms with van der Waals surface area (Å²) in [5.74, 6) is -1.05. The van der Waals surface area contributed by atoms with Crippen LogP contribution in [0.4, 0.5) is 0 Å². The van der Waals surface area contributed by atoms with E-state index in [0.717, 1.165) is 89.9 Å². The quantitative estimate of drug-likeness (QED) is 0.0357. The van der Waals surface area contributed by atoms with Gasteiger partial charge >= 0.3 is 0 Å². The zero-order chi connectivity index (χ0) is 36.8. The molecule has 7 heteroatoms. The molecule has 6 nitrogen and oxygen atoms in total. The van der Waals surface area contributed by atoms with Crippen molar-refractivity contribution in [3.05, 3.63) is 97.2 Å². The molecule has 0 aliphatic heterocycles. The number of aliphatic hydroxyl groups is 1. The van der Waals surface area contributed by atoms with Crippen molar-refractivity contribution in [3.63, 3.8) is 0 Å². The van der Waals surface area contributed by atoms with Gasteiger partial charge in [-0.25, -0.2) is 0 Å². The van der Waals surface area contributed by atoms with E-state index in [4.69, 9.17) is 0 Å². The number of amides is 1. The highest BCUT2D eigenvalue weighted by Crippen LogP contribution is 2.10. The summed E-state index contributed by atoms with van der Waals surface area (Å²) >= 11 is 0. The molecule has 3 N–H and O–H groups in total. The molecule has 0 fully saturated rings. The highest BCUT2D eigenvalue weighted by atomic mass is 32.2. The van der Waals surface area contributed by atoms with E-state index < -0.39 is 28.0 Å². The fraction of sp³-hybridized carbons (Fsp3) is 0.605. The van der Waals surface area contributed by atoms with Gasteiger partial charge in [0.15, 0.2) is 0 Å². The van der Waals surface area contributed by atoms with E-state index >= 15 is 0 Å². The van der Waals surface area contributed by atoms with Crippen molar-refractivity contribution in [1.29, 1.82) is 0 Å². The number of carbonyl (C=O) groups excluding carboxylic acids is 1. The van der Waals surface area contributed by atoms with Gasteiger partial charge in [-0.1, -0.05) is 150 Å². The minimum Gasteiger partial charge on any atom is -0.387 e. The normalized spacial score (nSPS) is 14.4.